The Bertz CT molecular complexity index is 700. The van der Waals surface area contributed by atoms with Gasteiger partial charge in [0.15, 0.2) is 0 Å². The van der Waals surface area contributed by atoms with Crippen molar-refractivity contribution in [3.63, 3.8) is 0 Å². The molecule has 0 spiro atoms. The second-order valence-corrected chi connectivity index (χ2v) is 8.05. The van der Waals surface area contributed by atoms with Crippen molar-refractivity contribution in [2.24, 2.45) is 0 Å². The molecule has 0 aromatic heterocycles. The quantitative estimate of drug-likeness (QED) is 0.825. The van der Waals surface area contributed by atoms with E-state index in [-0.39, 0.29) is 24.7 Å². The molecule has 7 heteroatoms. The van der Waals surface area contributed by atoms with Gasteiger partial charge in [-0.1, -0.05) is 25.1 Å². The van der Waals surface area contributed by atoms with E-state index in [4.69, 9.17) is 9.84 Å². The van der Waals surface area contributed by atoms with E-state index < -0.39 is 11.6 Å². The minimum atomic E-state index is -0.810. The zero-order valence-corrected chi connectivity index (χ0v) is 16.3. The number of urea groups is 1. The summed E-state index contributed by atoms with van der Waals surface area (Å²) < 4.78 is 6.09. The predicted molar refractivity (Wildman–Crippen MR) is 102 cm³/mol. The highest BCUT2D eigenvalue weighted by atomic mass is 16.5. The number of nitrogens with one attached hydrogen (secondary N) is 1. The summed E-state index contributed by atoms with van der Waals surface area (Å²) in [6.07, 6.45) is 1.58. The summed E-state index contributed by atoms with van der Waals surface area (Å²) >= 11 is 0. The predicted octanol–water partition coefficient (Wildman–Crippen LogP) is 2.31. The summed E-state index contributed by atoms with van der Waals surface area (Å²) in [7, 11) is 0. The molecule has 27 heavy (non-hydrogen) atoms. The first-order valence-electron chi connectivity index (χ1n) is 9.55. The number of carbonyl (C=O) groups excluding carboxylic acids is 1. The van der Waals surface area contributed by atoms with Gasteiger partial charge in [0.2, 0.25) is 0 Å². The van der Waals surface area contributed by atoms with E-state index in [2.05, 4.69) is 5.32 Å². The molecule has 0 saturated heterocycles. The number of hydrogen-bond acceptors (Lipinski definition) is 4. The van der Waals surface area contributed by atoms with E-state index in [1.54, 1.807) is 4.90 Å². The molecule has 148 valence electrons. The standard InChI is InChI=1S/C20H29N3O4/c1-4-22(12-18(24)25)16-9-15(10-16)21-19(26)23-11-14-7-5-6-8-17(14)27-20(2,3)13-23/h5-8,15-16H,4,9-13H2,1-3H3,(H,21,26)(H,24,25). The molecule has 1 aliphatic carbocycles. The van der Waals surface area contributed by atoms with Gasteiger partial charge in [-0.15, -0.1) is 0 Å². The number of amides is 2. The Hall–Kier alpha value is -2.28. The fraction of sp³-hybridized carbons (Fsp3) is 0.600. The largest absolute Gasteiger partial charge is 0.486 e. The van der Waals surface area contributed by atoms with E-state index in [1.165, 1.54) is 0 Å². The summed E-state index contributed by atoms with van der Waals surface area (Å²) in [5, 5.41) is 12.1. The highest BCUT2D eigenvalue weighted by molar-refractivity contribution is 5.75. The van der Waals surface area contributed by atoms with Crippen LogP contribution in [0.15, 0.2) is 24.3 Å². The molecule has 7 nitrogen and oxygen atoms in total. The molecule has 2 amide bonds. The maximum atomic E-state index is 12.8. The normalized spacial score (nSPS) is 23.6. The Morgan fingerprint density at radius 1 is 1.33 bits per heavy atom. The van der Waals surface area contributed by atoms with E-state index in [0.717, 1.165) is 24.2 Å². The zero-order valence-electron chi connectivity index (χ0n) is 16.3. The number of ether oxygens (including phenoxy) is 1. The van der Waals surface area contributed by atoms with Crippen LogP contribution in [0.5, 0.6) is 5.75 Å². The summed E-state index contributed by atoms with van der Waals surface area (Å²) in [5.41, 5.74) is 0.537. The number of hydrogen-bond donors (Lipinski definition) is 2. The van der Waals surface area contributed by atoms with Crippen molar-refractivity contribution in [3.05, 3.63) is 29.8 Å². The van der Waals surface area contributed by atoms with Gasteiger partial charge < -0.3 is 20.1 Å². The van der Waals surface area contributed by atoms with E-state index in [9.17, 15) is 9.59 Å². The third-order valence-corrected chi connectivity index (χ3v) is 5.28. The highest BCUT2D eigenvalue weighted by Crippen LogP contribution is 2.30. The summed E-state index contributed by atoms with van der Waals surface area (Å²) in [4.78, 5) is 27.5. The number of carboxylic acid groups (broad SMARTS) is 1. The summed E-state index contributed by atoms with van der Waals surface area (Å²) in [6.45, 7) is 7.71. The number of nitrogens with zero attached hydrogens (tertiary/aromatic N) is 2. The van der Waals surface area contributed by atoms with Gasteiger partial charge >= 0.3 is 12.0 Å². The van der Waals surface area contributed by atoms with Gasteiger partial charge in [-0.3, -0.25) is 9.69 Å². The van der Waals surface area contributed by atoms with E-state index in [0.29, 0.717) is 19.6 Å². The van der Waals surface area contributed by atoms with Gasteiger partial charge in [0.05, 0.1) is 19.6 Å². The van der Waals surface area contributed by atoms with E-state index in [1.807, 2.05) is 49.9 Å². The smallest absolute Gasteiger partial charge is 0.318 e. The average molecular weight is 375 g/mol. The number of carboxylic acids is 1. The van der Waals surface area contributed by atoms with Gasteiger partial charge in [-0.05, 0) is 39.3 Å². The lowest BCUT2D eigenvalue weighted by Gasteiger charge is -2.43. The van der Waals surface area contributed by atoms with Gasteiger partial charge in [0.25, 0.3) is 0 Å². The number of aliphatic carboxylic acids is 1. The number of likely N-dealkylation sites (N-methyl/N-ethyl adjacent to an activating group) is 1. The minimum absolute atomic E-state index is 0.0519. The van der Waals surface area contributed by atoms with Crippen molar-refractivity contribution in [1.29, 1.82) is 0 Å². The zero-order chi connectivity index (χ0) is 19.6. The lowest BCUT2D eigenvalue weighted by molar-refractivity contribution is -0.139. The van der Waals surface area contributed by atoms with Crippen LogP contribution in [-0.2, 0) is 11.3 Å². The monoisotopic (exact) mass is 375 g/mol. The number of rotatable bonds is 5. The summed E-state index contributed by atoms with van der Waals surface area (Å²) in [5.74, 6) is 0.0172. The lowest BCUT2D eigenvalue weighted by Crippen LogP contribution is -2.57. The van der Waals surface area contributed by atoms with Crippen molar-refractivity contribution < 1.29 is 19.4 Å². The first kappa shape index (κ1) is 19.5. The average Bonchev–Trinajstić information content (AvgIpc) is 2.70. The molecule has 3 rings (SSSR count). The molecule has 1 aromatic rings. The maximum Gasteiger partial charge on any atom is 0.318 e. The molecule has 1 heterocycles. The molecule has 1 saturated carbocycles. The molecule has 1 aromatic carbocycles. The third kappa shape index (κ3) is 4.71. The topological polar surface area (TPSA) is 82.1 Å². The van der Waals surface area contributed by atoms with Gasteiger partial charge in [-0.25, -0.2) is 4.79 Å². The van der Waals surface area contributed by atoms with Crippen LogP contribution in [0.25, 0.3) is 0 Å². The minimum Gasteiger partial charge on any atom is -0.486 e. The van der Waals surface area contributed by atoms with Gasteiger partial charge in [0.1, 0.15) is 11.4 Å². The maximum absolute atomic E-state index is 12.8. The number of fused-ring (bicyclic) bond motifs is 1. The number of carbonyl (C=O) groups is 2. The van der Waals surface area contributed by atoms with Crippen molar-refractivity contribution in [2.45, 2.75) is 57.8 Å². The van der Waals surface area contributed by atoms with Crippen LogP contribution in [0.2, 0.25) is 0 Å². The van der Waals surface area contributed by atoms with Crippen LogP contribution in [0.3, 0.4) is 0 Å². The Labute approximate surface area is 160 Å². The van der Waals surface area contributed by atoms with Crippen molar-refractivity contribution >= 4 is 12.0 Å². The molecule has 2 N–H and O–H groups in total. The van der Waals surface area contributed by atoms with E-state index >= 15 is 0 Å². The van der Waals surface area contributed by atoms with Crippen LogP contribution in [0.1, 0.15) is 39.2 Å². The molecule has 0 radical (unpaired) electrons. The van der Waals surface area contributed by atoms with Crippen LogP contribution in [0, 0.1) is 0 Å². The number of benzene rings is 1. The first-order chi connectivity index (χ1) is 12.8. The van der Waals surface area contributed by atoms with Crippen molar-refractivity contribution in [1.82, 2.24) is 15.1 Å². The van der Waals surface area contributed by atoms with Crippen molar-refractivity contribution in [2.75, 3.05) is 19.6 Å². The van der Waals surface area contributed by atoms with Crippen LogP contribution in [-0.4, -0.2) is 64.2 Å². The Morgan fingerprint density at radius 3 is 2.70 bits per heavy atom. The first-order valence-corrected chi connectivity index (χ1v) is 9.55. The molecule has 1 fully saturated rings. The molecular weight excluding hydrogens is 346 g/mol. The van der Waals surface area contributed by atoms with Gasteiger partial charge in [0, 0.05) is 17.6 Å². The third-order valence-electron chi connectivity index (χ3n) is 5.28. The number of para-hydroxylation sites is 1. The van der Waals surface area contributed by atoms with Crippen molar-refractivity contribution in [3.8, 4) is 5.75 Å². The molecule has 0 atom stereocenters. The lowest BCUT2D eigenvalue weighted by atomic mass is 9.85. The van der Waals surface area contributed by atoms with Crippen LogP contribution < -0.4 is 10.1 Å². The Balaban J connectivity index is 1.58. The molecule has 1 aliphatic heterocycles. The highest BCUT2D eigenvalue weighted by Gasteiger charge is 2.37. The fourth-order valence-electron chi connectivity index (χ4n) is 3.87. The molecule has 2 aliphatic rings. The second-order valence-electron chi connectivity index (χ2n) is 8.05. The fourth-order valence-corrected chi connectivity index (χ4v) is 3.87. The molecule has 0 bridgehead atoms. The SMILES string of the molecule is CCN(CC(=O)O)C1CC(NC(=O)N2Cc3ccccc3OC(C)(C)C2)C1. The second kappa shape index (κ2) is 7.76. The molecular formula is C20H29N3O4. The Kier molecular flexibility index (Phi) is 5.60. The molecule has 0 unspecified atom stereocenters. The summed E-state index contributed by atoms with van der Waals surface area (Å²) in [6, 6.07) is 8.05. The Morgan fingerprint density at radius 2 is 2.04 bits per heavy atom. The van der Waals surface area contributed by atoms with Crippen LogP contribution in [0.4, 0.5) is 4.79 Å². The van der Waals surface area contributed by atoms with Crippen LogP contribution >= 0.6 is 0 Å². The van der Waals surface area contributed by atoms with Gasteiger partial charge in [-0.2, -0.15) is 0 Å².